The van der Waals surface area contributed by atoms with E-state index >= 15 is 0 Å². The second-order valence-corrected chi connectivity index (χ2v) is 2.88. The summed E-state index contributed by atoms with van der Waals surface area (Å²) >= 11 is 0. The first-order chi connectivity index (χ1) is 6.90. The van der Waals surface area contributed by atoms with Gasteiger partial charge in [-0.15, -0.1) is 0 Å². The minimum atomic E-state index is -0.183. The fourth-order valence-corrected chi connectivity index (χ4v) is 1.25. The Morgan fingerprint density at radius 1 is 1.50 bits per heavy atom. The lowest BCUT2D eigenvalue weighted by molar-refractivity contribution is -0.0934. The third kappa shape index (κ3) is 1.98. The molecule has 1 fully saturated rings. The van der Waals surface area contributed by atoms with Crippen LogP contribution in [0.25, 0.3) is 0 Å². The van der Waals surface area contributed by atoms with Crippen molar-refractivity contribution >= 4 is 5.82 Å². The number of nitrogen functional groups attached to an aromatic ring is 1. The van der Waals surface area contributed by atoms with Crippen molar-refractivity contribution < 1.29 is 9.47 Å². The Morgan fingerprint density at radius 3 is 3.14 bits per heavy atom. The third-order valence-electron chi connectivity index (χ3n) is 1.93. The average molecular weight is 196 g/mol. The number of nitrogens with one attached hydrogen (secondary N) is 1. The summed E-state index contributed by atoms with van der Waals surface area (Å²) in [6.45, 7) is 1.70. The van der Waals surface area contributed by atoms with E-state index in [2.05, 4.69) is 15.4 Å². The summed E-state index contributed by atoms with van der Waals surface area (Å²) in [5.41, 5.74) is 2.46. The van der Waals surface area contributed by atoms with E-state index in [0.29, 0.717) is 31.5 Å². The van der Waals surface area contributed by atoms with Gasteiger partial charge in [0, 0.05) is 12.3 Å². The van der Waals surface area contributed by atoms with Crippen molar-refractivity contribution in [3.05, 3.63) is 18.1 Å². The van der Waals surface area contributed by atoms with Crippen molar-refractivity contribution in [3.8, 4) is 0 Å². The number of hydrazine groups is 1. The fraction of sp³-hybridized carbons (Fsp3) is 0.500. The molecule has 3 N–H and O–H groups in total. The monoisotopic (exact) mass is 196 g/mol. The van der Waals surface area contributed by atoms with Crippen molar-refractivity contribution in [1.82, 2.24) is 9.97 Å². The maximum Gasteiger partial charge on any atom is 0.161 e. The van der Waals surface area contributed by atoms with Gasteiger partial charge in [-0.3, -0.25) is 0 Å². The standard InChI is InChI=1S/C8H12N4O2/c9-12-7-1-2-10-8(11-7)6-5-13-3-4-14-6/h1-2,6H,3-5,9H2,(H,10,11,12). The molecular formula is C8H12N4O2. The predicted octanol–water partition coefficient (Wildman–Crippen LogP) is -0.150. The van der Waals surface area contributed by atoms with Crippen LogP contribution < -0.4 is 11.3 Å². The van der Waals surface area contributed by atoms with Crippen LogP contribution in [0.4, 0.5) is 5.82 Å². The van der Waals surface area contributed by atoms with Crippen molar-refractivity contribution in [3.63, 3.8) is 0 Å². The number of nitrogens with zero attached hydrogens (tertiary/aromatic N) is 2. The molecule has 0 bridgehead atoms. The molecule has 1 saturated heterocycles. The van der Waals surface area contributed by atoms with Gasteiger partial charge >= 0.3 is 0 Å². The van der Waals surface area contributed by atoms with Crippen LogP contribution in [-0.2, 0) is 9.47 Å². The van der Waals surface area contributed by atoms with Gasteiger partial charge in [-0.25, -0.2) is 15.8 Å². The summed E-state index contributed by atoms with van der Waals surface area (Å²) in [7, 11) is 0. The molecule has 2 rings (SSSR count). The zero-order valence-corrected chi connectivity index (χ0v) is 7.64. The second-order valence-electron chi connectivity index (χ2n) is 2.88. The zero-order chi connectivity index (χ0) is 9.80. The number of ether oxygens (including phenoxy) is 2. The molecule has 0 aliphatic carbocycles. The summed E-state index contributed by atoms with van der Waals surface area (Å²) in [6.07, 6.45) is 1.45. The lowest BCUT2D eigenvalue weighted by Crippen LogP contribution is -2.24. The highest BCUT2D eigenvalue weighted by Gasteiger charge is 2.19. The number of nitrogens with two attached hydrogens (primary N) is 1. The van der Waals surface area contributed by atoms with Crippen LogP contribution in [0, 0.1) is 0 Å². The van der Waals surface area contributed by atoms with Crippen molar-refractivity contribution in [2.45, 2.75) is 6.10 Å². The van der Waals surface area contributed by atoms with Gasteiger partial charge in [-0.2, -0.15) is 0 Å². The Balaban J connectivity index is 2.13. The molecule has 1 aliphatic rings. The summed E-state index contributed by atoms with van der Waals surface area (Å²) in [5.74, 6) is 6.41. The Morgan fingerprint density at radius 2 is 2.43 bits per heavy atom. The first-order valence-electron chi connectivity index (χ1n) is 4.39. The summed E-state index contributed by atoms with van der Waals surface area (Å²) in [6, 6.07) is 1.69. The molecule has 6 nitrogen and oxygen atoms in total. The Kier molecular flexibility index (Phi) is 2.87. The molecule has 6 heteroatoms. The third-order valence-corrected chi connectivity index (χ3v) is 1.93. The lowest BCUT2D eigenvalue weighted by atomic mass is 10.3. The highest BCUT2D eigenvalue weighted by Crippen LogP contribution is 2.17. The van der Waals surface area contributed by atoms with Gasteiger partial charge < -0.3 is 14.9 Å². The highest BCUT2D eigenvalue weighted by atomic mass is 16.6. The fourth-order valence-electron chi connectivity index (χ4n) is 1.25. The number of hydrogen-bond donors (Lipinski definition) is 2. The molecule has 76 valence electrons. The summed E-state index contributed by atoms with van der Waals surface area (Å²) < 4.78 is 10.7. The maximum atomic E-state index is 5.44. The van der Waals surface area contributed by atoms with Gasteiger partial charge in [0.2, 0.25) is 0 Å². The van der Waals surface area contributed by atoms with Gasteiger partial charge in [-0.1, -0.05) is 0 Å². The molecule has 1 aromatic rings. The van der Waals surface area contributed by atoms with E-state index in [-0.39, 0.29) is 6.10 Å². The first-order valence-corrected chi connectivity index (χ1v) is 4.39. The van der Waals surface area contributed by atoms with E-state index in [1.807, 2.05) is 0 Å². The van der Waals surface area contributed by atoms with E-state index in [1.54, 1.807) is 12.3 Å². The van der Waals surface area contributed by atoms with E-state index in [9.17, 15) is 0 Å². The van der Waals surface area contributed by atoms with Gasteiger partial charge in [0.25, 0.3) is 0 Å². The second kappa shape index (κ2) is 4.32. The smallest absolute Gasteiger partial charge is 0.161 e. The number of hydrogen-bond acceptors (Lipinski definition) is 6. The normalized spacial score (nSPS) is 21.9. The minimum Gasteiger partial charge on any atom is -0.376 e. The van der Waals surface area contributed by atoms with Gasteiger partial charge in [-0.05, 0) is 0 Å². The Hall–Kier alpha value is -1.24. The molecule has 0 saturated carbocycles. The summed E-state index contributed by atoms with van der Waals surface area (Å²) in [5, 5.41) is 0. The molecule has 0 aromatic carbocycles. The van der Waals surface area contributed by atoms with Crippen LogP contribution in [0.5, 0.6) is 0 Å². The van der Waals surface area contributed by atoms with Gasteiger partial charge in [0.15, 0.2) is 5.82 Å². The van der Waals surface area contributed by atoms with Crippen LogP contribution >= 0.6 is 0 Å². The number of rotatable bonds is 2. The molecule has 1 aliphatic heterocycles. The SMILES string of the molecule is NNc1ccnc(C2COCCO2)n1. The van der Waals surface area contributed by atoms with Gasteiger partial charge in [0.1, 0.15) is 11.9 Å². The minimum absolute atomic E-state index is 0.183. The topological polar surface area (TPSA) is 82.3 Å². The van der Waals surface area contributed by atoms with Crippen LogP contribution in [0.1, 0.15) is 11.9 Å². The molecule has 0 spiro atoms. The molecule has 0 amide bonds. The molecule has 1 aromatic heterocycles. The largest absolute Gasteiger partial charge is 0.376 e. The molecule has 0 radical (unpaired) electrons. The van der Waals surface area contributed by atoms with E-state index in [0.717, 1.165) is 0 Å². The van der Waals surface area contributed by atoms with Crippen LogP contribution in [-0.4, -0.2) is 29.8 Å². The highest BCUT2D eigenvalue weighted by molar-refractivity contribution is 5.31. The molecule has 1 atom stereocenters. The molecule has 14 heavy (non-hydrogen) atoms. The van der Waals surface area contributed by atoms with Crippen molar-refractivity contribution in [2.75, 3.05) is 25.2 Å². The van der Waals surface area contributed by atoms with E-state index in [1.165, 1.54) is 0 Å². The van der Waals surface area contributed by atoms with Crippen molar-refractivity contribution in [2.24, 2.45) is 5.84 Å². The predicted molar refractivity (Wildman–Crippen MR) is 49.4 cm³/mol. The average Bonchev–Trinajstić information content (AvgIpc) is 2.30. The van der Waals surface area contributed by atoms with Gasteiger partial charge in [0.05, 0.1) is 19.8 Å². The molecular weight excluding hydrogens is 184 g/mol. The van der Waals surface area contributed by atoms with E-state index in [4.69, 9.17) is 15.3 Å². The zero-order valence-electron chi connectivity index (χ0n) is 7.64. The number of aromatic nitrogens is 2. The van der Waals surface area contributed by atoms with Crippen LogP contribution in [0.2, 0.25) is 0 Å². The Labute approximate surface area is 81.4 Å². The van der Waals surface area contributed by atoms with Crippen molar-refractivity contribution in [1.29, 1.82) is 0 Å². The first kappa shape index (κ1) is 9.32. The Bertz CT molecular complexity index is 301. The quantitative estimate of drug-likeness (QED) is 0.505. The lowest BCUT2D eigenvalue weighted by Gasteiger charge is -2.21. The summed E-state index contributed by atoms with van der Waals surface area (Å²) in [4.78, 5) is 8.26. The van der Waals surface area contributed by atoms with Crippen LogP contribution in [0.3, 0.4) is 0 Å². The van der Waals surface area contributed by atoms with E-state index < -0.39 is 0 Å². The number of anilines is 1. The maximum absolute atomic E-state index is 5.44. The molecule has 1 unspecified atom stereocenters. The molecule has 2 heterocycles. The van der Waals surface area contributed by atoms with Crippen LogP contribution in [0.15, 0.2) is 12.3 Å².